The van der Waals surface area contributed by atoms with Gasteiger partial charge in [0, 0.05) is 13.7 Å². The van der Waals surface area contributed by atoms with Crippen LogP contribution in [-0.2, 0) is 4.74 Å². The summed E-state index contributed by atoms with van der Waals surface area (Å²) < 4.78 is 5.89. The fourth-order valence-electron chi connectivity index (χ4n) is 3.35. The maximum Gasteiger partial charge on any atom is 0.0829 e. The van der Waals surface area contributed by atoms with E-state index in [0.717, 1.165) is 32.5 Å². The van der Waals surface area contributed by atoms with Crippen molar-refractivity contribution in [1.82, 2.24) is 10.2 Å². The van der Waals surface area contributed by atoms with E-state index >= 15 is 0 Å². The fourth-order valence-corrected chi connectivity index (χ4v) is 3.35. The van der Waals surface area contributed by atoms with E-state index in [9.17, 15) is 0 Å². The summed E-state index contributed by atoms with van der Waals surface area (Å²) >= 11 is 0. The minimum atomic E-state index is 0.111. The summed E-state index contributed by atoms with van der Waals surface area (Å²) in [7, 11) is 1.90. The molecule has 0 spiro atoms. The van der Waals surface area contributed by atoms with Crippen molar-refractivity contribution in [3.63, 3.8) is 0 Å². The molecule has 0 atom stereocenters. The highest BCUT2D eigenvalue weighted by Gasteiger charge is 2.35. The van der Waals surface area contributed by atoms with Crippen LogP contribution < -0.4 is 5.32 Å². The van der Waals surface area contributed by atoms with Gasteiger partial charge in [-0.15, -0.1) is 0 Å². The number of nitrogens with one attached hydrogen (secondary N) is 1. The number of likely N-dealkylation sites (tertiary alicyclic amines) is 1. The van der Waals surface area contributed by atoms with E-state index in [0.29, 0.717) is 5.41 Å². The molecule has 3 nitrogen and oxygen atoms in total. The molecular formula is C15H30N2O. The Balaban J connectivity index is 1.91. The van der Waals surface area contributed by atoms with Crippen LogP contribution >= 0.6 is 0 Å². The predicted molar refractivity (Wildman–Crippen MR) is 75.9 cm³/mol. The number of hydrogen-bond acceptors (Lipinski definition) is 3. The number of ether oxygens (including phenoxy) is 1. The molecule has 0 aromatic rings. The van der Waals surface area contributed by atoms with Gasteiger partial charge in [-0.05, 0) is 63.7 Å². The molecule has 2 rings (SSSR count). The maximum atomic E-state index is 5.89. The van der Waals surface area contributed by atoms with Gasteiger partial charge in [-0.2, -0.15) is 0 Å². The van der Waals surface area contributed by atoms with Crippen molar-refractivity contribution in [2.24, 2.45) is 5.41 Å². The molecule has 0 aromatic heterocycles. The summed E-state index contributed by atoms with van der Waals surface area (Å²) in [5.41, 5.74) is 0.642. The molecule has 18 heavy (non-hydrogen) atoms. The van der Waals surface area contributed by atoms with Crippen LogP contribution in [-0.4, -0.2) is 50.3 Å². The van der Waals surface area contributed by atoms with Crippen LogP contribution in [0.4, 0.5) is 0 Å². The van der Waals surface area contributed by atoms with E-state index in [1.54, 1.807) is 0 Å². The van der Waals surface area contributed by atoms with Gasteiger partial charge < -0.3 is 15.0 Å². The summed E-state index contributed by atoms with van der Waals surface area (Å²) in [6.45, 7) is 10.6. The van der Waals surface area contributed by atoms with Gasteiger partial charge in [0.25, 0.3) is 0 Å². The van der Waals surface area contributed by atoms with Crippen molar-refractivity contribution in [2.45, 2.75) is 51.6 Å². The van der Waals surface area contributed by atoms with Crippen LogP contribution in [0.15, 0.2) is 0 Å². The molecule has 0 aliphatic carbocycles. The van der Waals surface area contributed by atoms with Gasteiger partial charge >= 0.3 is 0 Å². The van der Waals surface area contributed by atoms with E-state index in [1.165, 1.54) is 32.4 Å². The summed E-state index contributed by atoms with van der Waals surface area (Å²) in [5.74, 6) is 0. The Morgan fingerprint density at radius 2 is 1.78 bits per heavy atom. The van der Waals surface area contributed by atoms with E-state index in [1.807, 2.05) is 7.11 Å². The largest absolute Gasteiger partial charge is 0.377 e. The van der Waals surface area contributed by atoms with Crippen molar-refractivity contribution < 1.29 is 4.74 Å². The van der Waals surface area contributed by atoms with Crippen molar-refractivity contribution in [1.29, 1.82) is 0 Å². The molecular weight excluding hydrogens is 224 g/mol. The van der Waals surface area contributed by atoms with Gasteiger partial charge in [0.05, 0.1) is 5.60 Å². The first-order valence-electron chi connectivity index (χ1n) is 7.54. The molecule has 0 unspecified atom stereocenters. The first-order chi connectivity index (χ1) is 8.55. The Hall–Kier alpha value is -0.120. The van der Waals surface area contributed by atoms with E-state index < -0.39 is 0 Å². The first kappa shape index (κ1) is 14.3. The fraction of sp³-hybridized carbons (Fsp3) is 1.00. The minimum absolute atomic E-state index is 0.111. The Bertz CT molecular complexity index is 259. The Morgan fingerprint density at radius 3 is 2.44 bits per heavy atom. The maximum absolute atomic E-state index is 5.89. The highest BCUT2D eigenvalue weighted by atomic mass is 16.5. The van der Waals surface area contributed by atoms with Gasteiger partial charge in [0.2, 0.25) is 0 Å². The van der Waals surface area contributed by atoms with Crippen molar-refractivity contribution in [3.05, 3.63) is 0 Å². The standard InChI is InChI=1S/C15H30N2O/c1-14(2)5-4-11-17(12-8-14)13-15(18-3)6-9-16-10-7-15/h16H,4-13H2,1-3H3. The first-order valence-corrected chi connectivity index (χ1v) is 7.54. The van der Waals surface area contributed by atoms with Gasteiger partial charge in [-0.1, -0.05) is 13.8 Å². The molecule has 2 aliphatic heterocycles. The molecule has 2 heterocycles. The average Bonchev–Trinajstić information content (AvgIpc) is 2.52. The Morgan fingerprint density at radius 1 is 1.06 bits per heavy atom. The molecule has 1 N–H and O–H groups in total. The van der Waals surface area contributed by atoms with Gasteiger partial charge in [0.15, 0.2) is 0 Å². The van der Waals surface area contributed by atoms with Crippen LogP contribution in [0.3, 0.4) is 0 Å². The minimum Gasteiger partial charge on any atom is -0.377 e. The van der Waals surface area contributed by atoms with Gasteiger partial charge in [-0.25, -0.2) is 0 Å². The van der Waals surface area contributed by atoms with Crippen molar-refractivity contribution in [3.8, 4) is 0 Å². The molecule has 2 fully saturated rings. The molecule has 0 bridgehead atoms. The number of piperidine rings is 1. The molecule has 2 saturated heterocycles. The van der Waals surface area contributed by atoms with Crippen molar-refractivity contribution in [2.75, 3.05) is 39.8 Å². The molecule has 0 amide bonds. The SMILES string of the molecule is COC1(CN2CCCC(C)(C)CC2)CCNCC1. The molecule has 0 radical (unpaired) electrons. The third-order valence-corrected chi connectivity index (χ3v) is 4.89. The van der Waals surface area contributed by atoms with E-state index in [4.69, 9.17) is 4.74 Å². The van der Waals surface area contributed by atoms with Crippen molar-refractivity contribution >= 4 is 0 Å². The lowest BCUT2D eigenvalue weighted by molar-refractivity contribution is -0.0569. The molecule has 106 valence electrons. The normalized spacial score (nSPS) is 28.8. The zero-order valence-electron chi connectivity index (χ0n) is 12.4. The van der Waals surface area contributed by atoms with Crippen LogP contribution in [0.1, 0.15) is 46.0 Å². The molecule has 2 aliphatic rings. The van der Waals surface area contributed by atoms with Crippen LogP contribution in [0, 0.1) is 5.41 Å². The average molecular weight is 254 g/mol. The molecule has 3 heteroatoms. The highest BCUT2D eigenvalue weighted by molar-refractivity contribution is 4.90. The highest BCUT2D eigenvalue weighted by Crippen LogP contribution is 2.31. The third-order valence-electron chi connectivity index (χ3n) is 4.89. The smallest absolute Gasteiger partial charge is 0.0829 e. The topological polar surface area (TPSA) is 24.5 Å². The second kappa shape index (κ2) is 5.89. The summed E-state index contributed by atoms with van der Waals surface area (Å²) in [4.78, 5) is 2.64. The second-order valence-corrected chi connectivity index (χ2v) is 6.93. The Kier molecular flexibility index (Phi) is 4.68. The monoisotopic (exact) mass is 254 g/mol. The third kappa shape index (κ3) is 3.69. The number of methoxy groups -OCH3 is 1. The summed E-state index contributed by atoms with van der Waals surface area (Å²) in [6.07, 6.45) is 6.34. The lowest BCUT2D eigenvalue weighted by Gasteiger charge is -2.40. The lowest BCUT2D eigenvalue weighted by atomic mass is 9.85. The van der Waals surface area contributed by atoms with Gasteiger partial charge in [0.1, 0.15) is 0 Å². The summed E-state index contributed by atoms with van der Waals surface area (Å²) in [5, 5.41) is 3.44. The van der Waals surface area contributed by atoms with E-state index in [-0.39, 0.29) is 5.60 Å². The van der Waals surface area contributed by atoms with Crippen LogP contribution in [0.25, 0.3) is 0 Å². The number of rotatable bonds is 3. The summed E-state index contributed by atoms with van der Waals surface area (Å²) in [6, 6.07) is 0. The van der Waals surface area contributed by atoms with Crippen LogP contribution in [0.5, 0.6) is 0 Å². The zero-order valence-corrected chi connectivity index (χ0v) is 12.4. The quantitative estimate of drug-likeness (QED) is 0.836. The second-order valence-electron chi connectivity index (χ2n) is 6.93. The van der Waals surface area contributed by atoms with E-state index in [2.05, 4.69) is 24.1 Å². The predicted octanol–water partition coefficient (Wildman–Crippen LogP) is 2.27. The number of hydrogen-bond donors (Lipinski definition) is 1. The molecule has 0 saturated carbocycles. The Labute approximate surface area is 112 Å². The zero-order chi connectivity index (χ0) is 13.1. The lowest BCUT2D eigenvalue weighted by Crippen LogP contribution is -2.51. The molecule has 0 aromatic carbocycles. The van der Waals surface area contributed by atoms with Crippen LogP contribution in [0.2, 0.25) is 0 Å². The van der Waals surface area contributed by atoms with Gasteiger partial charge in [-0.3, -0.25) is 0 Å². The number of nitrogens with zero attached hydrogens (tertiary/aromatic N) is 1.